The molecule has 3 aromatic carbocycles. The second kappa shape index (κ2) is 9.07. The van der Waals surface area contributed by atoms with Gasteiger partial charge in [-0.1, -0.05) is 48.5 Å². The number of rotatable bonds is 6. The minimum Gasteiger partial charge on any atom is -0.494 e. The summed E-state index contributed by atoms with van der Waals surface area (Å²) in [5, 5.41) is 6.64. The summed E-state index contributed by atoms with van der Waals surface area (Å²) in [6.07, 6.45) is 0.631. The lowest BCUT2D eigenvalue weighted by Crippen LogP contribution is -2.41. The Morgan fingerprint density at radius 2 is 1.90 bits per heavy atom. The molecule has 0 radical (unpaired) electrons. The monoisotopic (exact) mass is 402 g/mol. The highest BCUT2D eigenvalue weighted by Crippen LogP contribution is 2.25. The van der Waals surface area contributed by atoms with E-state index in [1.807, 2.05) is 56.3 Å². The number of hydrogen-bond acceptors (Lipinski definition) is 5. The van der Waals surface area contributed by atoms with Crippen molar-refractivity contribution in [2.75, 3.05) is 6.61 Å². The predicted octanol–water partition coefficient (Wildman–Crippen LogP) is 3.69. The summed E-state index contributed by atoms with van der Waals surface area (Å²) >= 11 is 0. The summed E-state index contributed by atoms with van der Waals surface area (Å²) in [6, 6.07) is 21.9. The molecule has 2 unspecified atom stereocenters. The molecule has 154 valence electrons. The Balaban J connectivity index is 1.38. The van der Waals surface area contributed by atoms with Crippen molar-refractivity contribution < 1.29 is 9.53 Å². The van der Waals surface area contributed by atoms with Gasteiger partial charge in [-0.3, -0.25) is 4.79 Å². The van der Waals surface area contributed by atoms with Gasteiger partial charge >= 0.3 is 0 Å². The molecule has 6 heteroatoms. The average molecular weight is 402 g/mol. The quantitative estimate of drug-likeness (QED) is 0.434. The zero-order chi connectivity index (χ0) is 20.9. The molecule has 0 aliphatic carbocycles. The van der Waals surface area contributed by atoms with Gasteiger partial charge in [-0.05, 0) is 60.4 Å². The lowest BCUT2D eigenvalue weighted by Gasteiger charge is -2.11. The van der Waals surface area contributed by atoms with Gasteiger partial charge in [0.1, 0.15) is 11.8 Å². The van der Waals surface area contributed by atoms with E-state index < -0.39 is 0 Å². The lowest BCUT2D eigenvalue weighted by atomic mass is 10.0. The smallest absolute Gasteiger partial charge is 0.258 e. The van der Waals surface area contributed by atoms with Gasteiger partial charge in [-0.15, -0.1) is 0 Å². The van der Waals surface area contributed by atoms with Crippen molar-refractivity contribution >= 4 is 22.4 Å². The van der Waals surface area contributed by atoms with Crippen LogP contribution in [0.2, 0.25) is 0 Å². The molecular formula is C24H26N4O2. The maximum absolute atomic E-state index is 12.6. The number of carbonyl (C=O) groups is 1. The third-order valence-corrected chi connectivity index (χ3v) is 5.29. The number of nitrogens with zero attached hydrogens (tertiary/aromatic N) is 1. The van der Waals surface area contributed by atoms with Gasteiger partial charge in [-0.25, -0.2) is 16.3 Å². The van der Waals surface area contributed by atoms with E-state index in [9.17, 15) is 4.79 Å². The fourth-order valence-electron chi connectivity index (χ4n) is 3.63. The summed E-state index contributed by atoms with van der Waals surface area (Å²) in [4.78, 5) is 12.6. The van der Waals surface area contributed by atoms with E-state index in [4.69, 9.17) is 4.74 Å². The Kier molecular flexibility index (Phi) is 6.07. The molecule has 30 heavy (non-hydrogen) atoms. The third-order valence-electron chi connectivity index (χ3n) is 5.29. The number of ether oxygens (including phenoxy) is 1. The summed E-state index contributed by atoms with van der Waals surface area (Å²) < 4.78 is 5.57. The average Bonchev–Trinajstić information content (AvgIpc) is 3.28. The number of benzene rings is 3. The number of hydrazine groups is 1. The van der Waals surface area contributed by atoms with Crippen molar-refractivity contribution in [3.8, 4) is 5.75 Å². The van der Waals surface area contributed by atoms with Crippen molar-refractivity contribution in [3.05, 3.63) is 77.9 Å². The lowest BCUT2D eigenvalue weighted by molar-refractivity contribution is -0.122. The molecule has 1 aliphatic rings. The Bertz CT molecular complexity index is 1080. The Morgan fingerprint density at radius 1 is 1.07 bits per heavy atom. The normalized spacial score (nSPS) is 19.1. The van der Waals surface area contributed by atoms with Crippen LogP contribution in [-0.2, 0) is 4.79 Å². The van der Waals surface area contributed by atoms with Crippen LogP contribution in [0.4, 0.5) is 0 Å². The number of carbonyl (C=O) groups excluding carboxylic acids is 1. The van der Waals surface area contributed by atoms with Crippen LogP contribution >= 0.6 is 0 Å². The van der Waals surface area contributed by atoms with Crippen LogP contribution in [0.25, 0.3) is 10.8 Å². The molecule has 1 amide bonds. The molecule has 4 rings (SSSR count). The minimum atomic E-state index is -0.362. The van der Waals surface area contributed by atoms with Crippen LogP contribution in [0.3, 0.4) is 0 Å². The molecule has 3 N–H and O–H groups in total. The van der Waals surface area contributed by atoms with Gasteiger partial charge in [0.2, 0.25) is 0 Å². The molecule has 1 fully saturated rings. The first kappa shape index (κ1) is 20.1. The van der Waals surface area contributed by atoms with Crippen LogP contribution < -0.4 is 21.0 Å². The first-order chi connectivity index (χ1) is 14.6. The topological polar surface area (TPSA) is 74.8 Å². The van der Waals surface area contributed by atoms with Crippen molar-refractivity contribution in [1.82, 2.24) is 16.3 Å². The zero-order valence-electron chi connectivity index (χ0n) is 17.2. The van der Waals surface area contributed by atoms with Crippen molar-refractivity contribution in [1.29, 1.82) is 0 Å². The number of amides is 1. The maximum atomic E-state index is 12.6. The van der Waals surface area contributed by atoms with Gasteiger partial charge < -0.3 is 4.74 Å². The van der Waals surface area contributed by atoms with Gasteiger partial charge in [0.15, 0.2) is 0 Å². The van der Waals surface area contributed by atoms with Crippen LogP contribution in [0.1, 0.15) is 37.4 Å². The van der Waals surface area contributed by atoms with Crippen molar-refractivity contribution in [2.45, 2.75) is 32.4 Å². The summed E-state index contributed by atoms with van der Waals surface area (Å²) in [6.45, 7) is 4.48. The SMILES string of the molecule is CCOc1cccc(C2CC(C(=O)N/N=C(\C)c3ccc4ccccc4c3)NN2)c1. The zero-order valence-corrected chi connectivity index (χ0v) is 17.2. The van der Waals surface area contributed by atoms with E-state index in [2.05, 4.69) is 45.6 Å². The number of nitrogens with one attached hydrogen (secondary N) is 3. The molecule has 3 aromatic rings. The van der Waals surface area contributed by atoms with Crippen molar-refractivity contribution in [2.24, 2.45) is 5.10 Å². The molecule has 2 atom stereocenters. The molecule has 6 nitrogen and oxygen atoms in total. The van der Waals surface area contributed by atoms with Crippen LogP contribution in [0.15, 0.2) is 71.8 Å². The molecule has 0 bridgehead atoms. The van der Waals surface area contributed by atoms with Gasteiger partial charge in [0.25, 0.3) is 5.91 Å². The highest BCUT2D eigenvalue weighted by atomic mass is 16.5. The number of hydrazone groups is 1. The fraction of sp³-hybridized carbons (Fsp3) is 0.250. The molecule has 0 aromatic heterocycles. The van der Waals surface area contributed by atoms with E-state index >= 15 is 0 Å². The molecule has 1 aliphatic heterocycles. The second-order valence-corrected chi connectivity index (χ2v) is 7.37. The predicted molar refractivity (Wildman–Crippen MR) is 119 cm³/mol. The largest absolute Gasteiger partial charge is 0.494 e. The number of hydrogen-bond donors (Lipinski definition) is 3. The summed E-state index contributed by atoms with van der Waals surface area (Å²) in [7, 11) is 0. The molecule has 1 heterocycles. The standard InChI is InChI=1S/C24H26N4O2/c1-3-30-21-10-6-9-20(14-21)22-15-23(27-26-22)24(29)28-25-16(2)18-12-11-17-7-4-5-8-19(17)13-18/h4-14,22-23,26-27H,3,15H2,1-2H3,(H,28,29)/b25-16+. The highest BCUT2D eigenvalue weighted by Gasteiger charge is 2.30. The van der Waals surface area contributed by atoms with Crippen LogP contribution in [-0.4, -0.2) is 24.3 Å². The highest BCUT2D eigenvalue weighted by molar-refractivity contribution is 6.02. The Labute approximate surface area is 176 Å². The van der Waals surface area contributed by atoms with Gasteiger partial charge in [0, 0.05) is 6.04 Å². The van der Waals surface area contributed by atoms with Gasteiger partial charge in [-0.2, -0.15) is 5.10 Å². The minimum absolute atomic E-state index is 0.0340. The van der Waals surface area contributed by atoms with Crippen LogP contribution in [0.5, 0.6) is 5.75 Å². The molecule has 1 saturated heterocycles. The first-order valence-electron chi connectivity index (χ1n) is 10.2. The fourth-order valence-corrected chi connectivity index (χ4v) is 3.63. The van der Waals surface area contributed by atoms with Gasteiger partial charge in [0.05, 0.1) is 12.3 Å². The molecular weight excluding hydrogens is 376 g/mol. The van der Waals surface area contributed by atoms with E-state index in [1.54, 1.807) is 0 Å². The van der Waals surface area contributed by atoms with E-state index in [-0.39, 0.29) is 18.0 Å². The first-order valence-corrected chi connectivity index (χ1v) is 10.2. The van der Waals surface area contributed by atoms with Crippen molar-refractivity contribution in [3.63, 3.8) is 0 Å². The van der Waals surface area contributed by atoms with E-state index in [1.165, 1.54) is 5.39 Å². The second-order valence-electron chi connectivity index (χ2n) is 7.37. The van der Waals surface area contributed by atoms with E-state index in [0.717, 1.165) is 28.0 Å². The Morgan fingerprint density at radius 3 is 2.73 bits per heavy atom. The third kappa shape index (κ3) is 4.50. The molecule has 0 spiro atoms. The maximum Gasteiger partial charge on any atom is 0.258 e. The van der Waals surface area contributed by atoms with Crippen LogP contribution in [0, 0.1) is 0 Å². The van der Waals surface area contributed by atoms with E-state index in [0.29, 0.717) is 13.0 Å². The Hall–Kier alpha value is -3.22. The molecule has 0 saturated carbocycles. The summed E-state index contributed by atoms with van der Waals surface area (Å²) in [5.74, 6) is 0.673. The summed E-state index contributed by atoms with van der Waals surface area (Å²) in [5.41, 5.74) is 11.8. The number of fused-ring (bicyclic) bond motifs is 1.